The largest absolute Gasteiger partial charge is 0.315 e. The summed E-state index contributed by atoms with van der Waals surface area (Å²) in [6, 6.07) is 0. The van der Waals surface area contributed by atoms with Gasteiger partial charge in [0, 0.05) is 24.5 Å². The zero-order valence-electron chi connectivity index (χ0n) is 10.1. The van der Waals surface area contributed by atoms with Crippen molar-refractivity contribution < 1.29 is 0 Å². The molecule has 0 bridgehead atoms. The van der Waals surface area contributed by atoms with Gasteiger partial charge in [-0.25, -0.2) is 4.98 Å². The Morgan fingerprint density at radius 1 is 1.35 bits per heavy atom. The van der Waals surface area contributed by atoms with Crippen LogP contribution in [0.1, 0.15) is 17.0 Å². The van der Waals surface area contributed by atoms with Crippen LogP contribution < -0.4 is 5.32 Å². The zero-order valence-corrected chi connectivity index (χ0v) is 12.6. The van der Waals surface area contributed by atoms with Gasteiger partial charge in [0.2, 0.25) is 0 Å². The van der Waals surface area contributed by atoms with Crippen LogP contribution in [0.25, 0.3) is 0 Å². The molecule has 0 spiro atoms. The second-order valence-corrected chi connectivity index (χ2v) is 5.00. The summed E-state index contributed by atoms with van der Waals surface area (Å²) in [4.78, 5) is 8.29. The molecular weight excluding hydrogens is 277 g/mol. The van der Waals surface area contributed by atoms with E-state index in [0.29, 0.717) is 0 Å². The van der Waals surface area contributed by atoms with Crippen LogP contribution in [-0.2, 0) is 6.42 Å². The Hall–Kier alpha value is 0.130. The van der Waals surface area contributed by atoms with E-state index in [9.17, 15) is 0 Å². The molecule has 0 amide bonds. The quantitative estimate of drug-likeness (QED) is 0.926. The van der Waals surface area contributed by atoms with Gasteiger partial charge in [-0.3, -0.25) is 0 Å². The minimum Gasteiger partial charge on any atom is -0.315 e. The van der Waals surface area contributed by atoms with E-state index >= 15 is 0 Å². The minimum absolute atomic E-state index is 0. The molecule has 17 heavy (non-hydrogen) atoms. The third kappa shape index (κ3) is 5.53. The fourth-order valence-corrected chi connectivity index (χ4v) is 2.72. The lowest BCUT2D eigenvalue weighted by molar-refractivity contribution is 0.297. The summed E-state index contributed by atoms with van der Waals surface area (Å²) in [5.41, 5.74) is 3.17. The molecule has 1 aliphatic rings. The fraction of sp³-hybridized carbons (Fsp3) is 0.727. The number of nitrogens with zero attached hydrogens (tertiary/aromatic N) is 2. The molecule has 6 heteroatoms. The van der Waals surface area contributed by atoms with E-state index in [2.05, 4.69) is 22.1 Å². The molecule has 1 fully saturated rings. The molecule has 0 aliphatic carbocycles. The summed E-state index contributed by atoms with van der Waals surface area (Å²) in [6.45, 7) is 8.04. The van der Waals surface area contributed by atoms with Gasteiger partial charge < -0.3 is 10.2 Å². The standard InChI is InChI=1S/C11H19N3S.2ClH/c1-10-11(15-9-13-10)3-7-14-6-2-4-12-5-8-14;;/h9,12H,2-8H2,1H3;2*1H. The van der Waals surface area contributed by atoms with E-state index in [1.807, 2.05) is 5.51 Å². The molecule has 2 rings (SSSR count). The van der Waals surface area contributed by atoms with Crippen molar-refractivity contribution in [3.8, 4) is 0 Å². The molecule has 0 atom stereocenters. The smallest absolute Gasteiger partial charge is 0.0797 e. The van der Waals surface area contributed by atoms with Crippen molar-refractivity contribution in [2.75, 3.05) is 32.7 Å². The normalized spacial score (nSPS) is 16.8. The van der Waals surface area contributed by atoms with Crippen molar-refractivity contribution >= 4 is 36.2 Å². The van der Waals surface area contributed by atoms with Crippen LogP contribution in [0.4, 0.5) is 0 Å². The van der Waals surface area contributed by atoms with E-state index < -0.39 is 0 Å². The molecule has 0 saturated carbocycles. The van der Waals surface area contributed by atoms with Gasteiger partial charge >= 0.3 is 0 Å². The lowest BCUT2D eigenvalue weighted by Gasteiger charge is -2.18. The zero-order chi connectivity index (χ0) is 10.5. The van der Waals surface area contributed by atoms with Crippen molar-refractivity contribution in [1.82, 2.24) is 15.2 Å². The Kier molecular flexibility index (Phi) is 9.18. The fourth-order valence-electron chi connectivity index (χ4n) is 1.95. The summed E-state index contributed by atoms with van der Waals surface area (Å²) >= 11 is 1.79. The average molecular weight is 298 g/mol. The average Bonchev–Trinajstić information content (AvgIpc) is 2.53. The van der Waals surface area contributed by atoms with Gasteiger partial charge in [0.1, 0.15) is 0 Å². The van der Waals surface area contributed by atoms with Gasteiger partial charge in [0.15, 0.2) is 0 Å². The van der Waals surface area contributed by atoms with E-state index in [4.69, 9.17) is 0 Å². The van der Waals surface area contributed by atoms with Gasteiger partial charge in [-0.05, 0) is 32.9 Å². The minimum atomic E-state index is 0. The molecule has 1 aromatic heterocycles. The van der Waals surface area contributed by atoms with Crippen LogP contribution in [0, 0.1) is 6.92 Å². The Morgan fingerprint density at radius 2 is 2.18 bits per heavy atom. The van der Waals surface area contributed by atoms with Gasteiger partial charge in [-0.2, -0.15) is 0 Å². The molecule has 1 N–H and O–H groups in total. The Balaban J connectivity index is 0.00000128. The first-order valence-corrected chi connectivity index (χ1v) is 6.56. The Bertz CT molecular complexity index is 299. The first-order chi connectivity index (χ1) is 7.36. The number of hydrogen-bond acceptors (Lipinski definition) is 4. The molecule has 3 nitrogen and oxygen atoms in total. The van der Waals surface area contributed by atoms with Crippen LogP contribution in [-0.4, -0.2) is 42.6 Å². The first kappa shape index (κ1) is 17.1. The predicted molar refractivity (Wildman–Crippen MR) is 79.0 cm³/mol. The van der Waals surface area contributed by atoms with E-state index in [0.717, 1.165) is 13.0 Å². The summed E-state index contributed by atoms with van der Waals surface area (Å²) in [6.07, 6.45) is 2.44. The predicted octanol–water partition coefficient (Wildman–Crippen LogP) is 2.13. The maximum atomic E-state index is 4.29. The molecule has 1 aromatic rings. The summed E-state index contributed by atoms with van der Waals surface area (Å²) in [5.74, 6) is 0. The number of aromatic nitrogens is 1. The summed E-state index contributed by atoms with van der Waals surface area (Å²) in [7, 11) is 0. The number of thiazole rings is 1. The SMILES string of the molecule is Cc1ncsc1CCN1CCCNCC1.Cl.Cl. The number of rotatable bonds is 3. The summed E-state index contributed by atoms with van der Waals surface area (Å²) < 4.78 is 0. The van der Waals surface area contributed by atoms with Crippen LogP contribution in [0.15, 0.2) is 5.51 Å². The molecule has 0 unspecified atom stereocenters. The van der Waals surface area contributed by atoms with Gasteiger partial charge in [0.05, 0.1) is 11.2 Å². The molecule has 0 radical (unpaired) electrons. The highest BCUT2D eigenvalue weighted by molar-refractivity contribution is 7.09. The van der Waals surface area contributed by atoms with Gasteiger partial charge in [-0.1, -0.05) is 0 Å². The van der Waals surface area contributed by atoms with Gasteiger partial charge in [-0.15, -0.1) is 36.2 Å². The topological polar surface area (TPSA) is 28.2 Å². The van der Waals surface area contributed by atoms with E-state index in [1.165, 1.54) is 43.2 Å². The third-order valence-corrected chi connectivity index (χ3v) is 3.93. The molecule has 1 saturated heterocycles. The molecular formula is C11H21Cl2N3S. The molecule has 2 heterocycles. The second-order valence-electron chi connectivity index (χ2n) is 4.06. The second kappa shape index (κ2) is 9.11. The van der Waals surface area contributed by atoms with Gasteiger partial charge in [0.25, 0.3) is 0 Å². The van der Waals surface area contributed by atoms with Crippen molar-refractivity contribution in [3.05, 3.63) is 16.1 Å². The maximum absolute atomic E-state index is 4.29. The monoisotopic (exact) mass is 297 g/mol. The van der Waals surface area contributed by atoms with Crippen LogP contribution in [0.5, 0.6) is 0 Å². The number of aryl methyl sites for hydroxylation is 1. The third-order valence-electron chi connectivity index (χ3n) is 2.93. The number of halogens is 2. The number of hydrogen-bond donors (Lipinski definition) is 1. The number of nitrogens with one attached hydrogen (secondary N) is 1. The highest BCUT2D eigenvalue weighted by Crippen LogP contribution is 2.13. The van der Waals surface area contributed by atoms with Crippen molar-refractivity contribution in [2.24, 2.45) is 0 Å². The molecule has 0 aromatic carbocycles. The highest BCUT2D eigenvalue weighted by Gasteiger charge is 2.09. The summed E-state index contributed by atoms with van der Waals surface area (Å²) in [5, 5.41) is 3.43. The lowest BCUT2D eigenvalue weighted by Crippen LogP contribution is -2.30. The van der Waals surface area contributed by atoms with Crippen LogP contribution >= 0.6 is 36.2 Å². The Labute approximate surface area is 120 Å². The van der Waals surface area contributed by atoms with E-state index in [-0.39, 0.29) is 24.8 Å². The van der Waals surface area contributed by atoms with Crippen LogP contribution in [0.3, 0.4) is 0 Å². The first-order valence-electron chi connectivity index (χ1n) is 5.68. The maximum Gasteiger partial charge on any atom is 0.0797 e. The lowest BCUT2D eigenvalue weighted by atomic mass is 10.3. The van der Waals surface area contributed by atoms with Crippen molar-refractivity contribution in [2.45, 2.75) is 19.8 Å². The molecule has 1 aliphatic heterocycles. The van der Waals surface area contributed by atoms with Crippen molar-refractivity contribution in [3.63, 3.8) is 0 Å². The van der Waals surface area contributed by atoms with Crippen LogP contribution in [0.2, 0.25) is 0 Å². The van der Waals surface area contributed by atoms with Crippen molar-refractivity contribution in [1.29, 1.82) is 0 Å². The highest BCUT2D eigenvalue weighted by atomic mass is 35.5. The molecule has 100 valence electrons. The van der Waals surface area contributed by atoms with E-state index in [1.54, 1.807) is 11.3 Å². The Morgan fingerprint density at radius 3 is 2.88 bits per heavy atom.